The molecule has 3 rings (SSSR count). The molecular weight excluding hydrogens is 396 g/mol. The van der Waals surface area contributed by atoms with E-state index in [1.54, 1.807) is 36.4 Å². The average Bonchev–Trinajstić information content (AvgIpc) is 3.16. The van der Waals surface area contributed by atoms with Gasteiger partial charge in [-0.3, -0.25) is 0 Å². The number of ether oxygens (including phenoxy) is 2. The molecular formula is C20H18N2O6S. The first kappa shape index (κ1) is 20.3. The molecule has 1 heterocycles. The Bertz CT molecular complexity index is 1150. The number of carbonyl (C=O) groups excluding carboxylic acids is 2. The summed E-state index contributed by atoms with van der Waals surface area (Å²) in [5, 5.41) is 4.19. The summed E-state index contributed by atoms with van der Waals surface area (Å²) < 4.78 is 37.0. The van der Waals surface area contributed by atoms with Gasteiger partial charge >= 0.3 is 11.9 Å². The van der Waals surface area contributed by atoms with Crippen LogP contribution in [0.2, 0.25) is 0 Å². The second-order valence-corrected chi connectivity index (χ2v) is 7.96. The molecule has 8 nitrogen and oxygen atoms in total. The van der Waals surface area contributed by atoms with Crippen molar-refractivity contribution in [1.82, 2.24) is 9.78 Å². The van der Waals surface area contributed by atoms with Gasteiger partial charge in [0.15, 0.2) is 15.5 Å². The molecule has 150 valence electrons. The predicted octanol–water partition coefficient (Wildman–Crippen LogP) is 2.42. The van der Waals surface area contributed by atoms with E-state index in [0.717, 1.165) is 0 Å². The van der Waals surface area contributed by atoms with Crippen LogP contribution in [0, 0.1) is 0 Å². The highest BCUT2D eigenvalue weighted by atomic mass is 32.2. The zero-order valence-electron chi connectivity index (χ0n) is 15.7. The van der Waals surface area contributed by atoms with E-state index >= 15 is 0 Å². The molecule has 0 fully saturated rings. The van der Waals surface area contributed by atoms with Crippen molar-refractivity contribution in [2.45, 2.75) is 10.6 Å². The van der Waals surface area contributed by atoms with E-state index in [1.165, 1.54) is 43.2 Å². The van der Waals surface area contributed by atoms with Crippen molar-refractivity contribution >= 4 is 21.8 Å². The number of sulfone groups is 1. The quantitative estimate of drug-likeness (QED) is 0.571. The Labute approximate surface area is 167 Å². The molecule has 29 heavy (non-hydrogen) atoms. The highest BCUT2D eigenvalue weighted by Crippen LogP contribution is 2.23. The zero-order chi connectivity index (χ0) is 21.0. The van der Waals surface area contributed by atoms with E-state index < -0.39 is 27.5 Å². The number of hydrogen-bond donors (Lipinski definition) is 0. The SMILES string of the molecule is COC(=O)c1cc(CS(=O)(=O)c2ccccc2C(=O)OC)n(-c2ccccc2)n1. The Morgan fingerprint density at radius 1 is 0.931 bits per heavy atom. The first-order valence-corrected chi connectivity index (χ1v) is 10.2. The van der Waals surface area contributed by atoms with Gasteiger partial charge in [-0.1, -0.05) is 30.3 Å². The Kier molecular flexibility index (Phi) is 5.79. The number of rotatable bonds is 6. The summed E-state index contributed by atoms with van der Waals surface area (Å²) in [5.41, 5.74) is 0.738. The van der Waals surface area contributed by atoms with Crippen LogP contribution in [0.25, 0.3) is 5.69 Å². The fraction of sp³-hybridized carbons (Fsp3) is 0.150. The molecule has 1 aromatic heterocycles. The topological polar surface area (TPSA) is 105 Å². The molecule has 0 amide bonds. The number of hydrogen-bond acceptors (Lipinski definition) is 7. The second-order valence-electron chi connectivity index (χ2n) is 6.01. The number of methoxy groups -OCH3 is 2. The molecule has 9 heteroatoms. The summed E-state index contributed by atoms with van der Waals surface area (Å²) in [5.74, 6) is -1.93. The molecule has 0 saturated carbocycles. The molecule has 0 saturated heterocycles. The van der Waals surface area contributed by atoms with E-state index in [0.29, 0.717) is 5.69 Å². The lowest BCUT2D eigenvalue weighted by molar-refractivity contribution is 0.0586. The van der Waals surface area contributed by atoms with Crippen molar-refractivity contribution in [2.24, 2.45) is 0 Å². The average molecular weight is 414 g/mol. The Balaban J connectivity index is 2.09. The molecule has 0 atom stereocenters. The van der Waals surface area contributed by atoms with Gasteiger partial charge in [0.25, 0.3) is 0 Å². The molecule has 0 aliphatic rings. The number of carbonyl (C=O) groups is 2. The van der Waals surface area contributed by atoms with Crippen molar-refractivity contribution in [1.29, 1.82) is 0 Å². The van der Waals surface area contributed by atoms with Crippen LogP contribution in [-0.2, 0) is 25.1 Å². The number of aromatic nitrogens is 2. The number of nitrogens with zero attached hydrogens (tertiary/aromatic N) is 2. The summed E-state index contributed by atoms with van der Waals surface area (Å²) in [6, 6.07) is 15.9. The molecule has 0 unspecified atom stereocenters. The third-order valence-electron chi connectivity index (χ3n) is 4.14. The Hall–Kier alpha value is -3.46. The lowest BCUT2D eigenvalue weighted by atomic mass is 10.2. The minimum Gasteiger partial charge on any atom is -0.465 e. The minimum absolute atomic E-state index is 0.0252. The summed E-state index contributed by atoms with van der Waals surface area (Å²) in [6.07, 6.45) is 0. The van der Waals surface area contributed by atoms with Crippen LogP contribution in [0.5, 0.6) is 0 Å². The van der Waals surface area contributed by atoms with Gasteiger partial charge < -0.3 is 9.47 Å². The highest BCUT2D eigenvalue weighted by molar-refractivity contribution is 7.90. The van der Waals surface area contributed by atoms with Gasteiger partial charge in [0.05, 0.1) is 41.8 Å². The summed E-state index contributed by atoms with van der Waals surface area (Å²) in [6.45, 7) is 0. The second kappa shape index (κ2) is 8.27. The van der Waals surface area contributed by atoms with Gasteiger partial charge in [0, 0.05) is 0 Å². The van der Waals surface area contributed by atoms with Crippen molar-refractivity contribution in [3.63, 3.8) is 0 Å². The van der Waals surface area contributed by atoms with Crippen molar-refractivity contribution in [3.8, 4) is 5.69 Å². The zero-order valence-corrected chi connectivity index (χ0v) is 16.5. The first-order valence-electron chi connectivity index (χ1n) is 8.50. The first-order chi connectivity index (χ1) is 13.9. The van der Waals surface area contributed by atoms with Crippen molar-refractivity contribution in [2.75, 3.05) is 14.2 Å². The van der Waals surface area contributed by atoms with E-state index in [9.17, 15) is 18.0 Å². The normalized spacial score (nSPS) is 11.1. The van der Waals surface area contributed by atoms with E-state index in [2.05, 4.69) is 9.84 Å². The van der Waals surface area contributed by atoms with Gasteiger partial charge in [-0.05, 0) is 30.3 Å². The van der Waals surface area contributed by atoms with Crippen LogP contribution in [-0.4, -0.2) is 44.4 Å². The molecule has 0 N–H and O–H groups in total. The Morgan fingerprint density at radius 2 is 1.55 bits per heavy atom. The molecule has 0 bridgehead atoms. The van der Waals surface area contributed by atoms with Crippen molar-refractivity contribution < 1.29 is 27.5 Å². The lowest BCUT2D eigenvalue weighted by Crippen LogP contribution is -2.14. The number of para-hydroxylation sites is 1. The van der Waals surface area contributed by atoms with E-state index in [1.807, 2.05) is 0 Å². The minimum atomic E-state index is -3.96. The van der Waals surface area contributed by atoms with Gasteiger partial charge in [-0.2, -0.15) is 5.10 Å². The van der Waals surface area contributed by atoms with E-state index in [-0.39, 0.29) is 21.8 Å². The van der Waals surface area contributed by atoms with Gasteiger partial charge in [0.1, 0.15) is 0 Å². The van der Waals surface area contributed by atoms with Gasteiger partial charge in [-0.25, -0.2) is 22.7 Å². The molecule has 0 spiro atoms. The predicted molar refractivity (Wildman–Crippen MR) is 104 cm³/mol. The summed E-state index contributed by atoms with van der Waals surface area (Å²) >= 11 is 0. The van der Waals surface area contributed by atoms with E-state index in [4.69, 9.17) is 4.74 Å². The van der Waals surface area contributed by atoms with Crippen LogP contribution in [0.3, 0.4) is 0 Å². The van der Waals surface area contributed by atoms with Crippen molar-refractivity contribution in [3.05, 3.63) is 77.6 Å². The maximum atomic E-state index is 13.1. The monoisotopic (exact) mass is 414 g/mol. The standard InChI is InChI=1S/C20H18N2O6S/c1-27-19(23)16-10-6-7-11-18(16)29(25,26)13-15-12-17(20(24)28-2)21-22(15)14-8-4-3-5-9-14/h3-12H,13H2,1-2H3. The maximum Gasteiger partial charge on any atom is 0.358 e. The molecule has 3 aromatic rings. The molecule has 2 aromatic carbocycles. The molecule has 0 aliphatic heterocycles. The number of benzene rings is 2. The van der Waals surface area contributed by atoms with Crippen LogP contribution in [0.4, 0.5) is 0 Å². The molecule has 0 aliphatic carbocycles. The third kappa shape index (κ3) is 4.19. The van der Waals surface area contributed by atoms with Crippen LogP contribution < -0.4 is 0 Å². The fourth-order valence-corrected chi connectivity index (χ4v) is 4.33. The molecule has 0 radical (unpaired) electrons. The van der Waals surface area contributed by atoms with Gasteiger partial charge in [-0.15, -0.1) is 0 Å². The summed E-state index contributed by atoms with van der Waals surface area (Å²) in [4.78, 5) is 23.7. The fourth-order valence-electron chi connectivity index (χ4n) is 2.81. The van der Waals surface area contributed by atoms with Gasteiger partial charge in [0.2, 0.25) is 0 Å². The Morgan fingerprint density at radius 3 is 2.21 bits per heavy atom. The lowest BCUT2D eigenvalue weighted by Gasteiger charge is -2.11. The largest absolute Gasteiger partial charge is 0.465 e. The maximum absolute atomic E-state index is 13.1. The number of esters is 2. The smallest absolute Gasteiger partial charge is 0.358 e. The van der Waals surface area contributed by atoms with Crippen LogP contribution in [0.1, 0.15) is 26.5 Å². The summed E-state index contributed by atoms with van der Waals surface area (Å²) in [7, 11) is -1.57. The third-order valence-corrected chi connectivity index (χ3v) is 5.85. The van der Waals surface area contributed by atoms with Crippen LogP contribution in [0.15, 0.2) is 65.6 Å². The van der Waals surface area contributed by atoms with Crippen LogP contribution >= 0.6 is 0 Å². The highest BCUT2D eigenvalue weighted by Gasteiger charge is 2.26.